The monoisotopic (exact) mass is 316 g/mol. The summed E-state index contributed by atoms with van der Waals surface area (Å²) in [5.41, 5.74) is -0.0941. The van der Waals surface area contributed by atoms with E-state index < -0.39 is 27.6 Å². The number of aromatic carboxylic acids is 1. The van der Waals surface area contributed by atoms with E-state index in [4.69, 9.17) is 5.11 Å². The van der Waals surface area contributed by atoms with Gasteiger partial charge in [0, 0.05) is 12.3 Å². The van der Waals surface area contributed by atoms with Crippen molar-refractivity contribution in [1.82, 2.24) is 5.32 Å². The molecule has 0 aliphatic rings. The number of nitrogens with one attached hydrogen (secondary N) is 2. The van der Waals surface area contributed by atoms with Crippen LogP contribution in [-0.2, 0) is 9.84 Å². The molecule has 21 heavy (non-hydrogen) atoms. The highest BCUT2D eigenvalue weighted by atomic mass is 32.2. The zero-order chi connectivity index (χ0) is 16.0. The first-order chi connectivity index (χ1) is 9.75. The average molecular weight is 316 g/mol. The molecule has 0 saturated heterocycles. The SMILES string of the molecule is CCS(=O)(=O)CCNC(=O)Nc1ccc(C(=O)O)cc1O. The van der Waals surface area contributed by atoms with Gasteiger partial charge in [0.05, 0.1) is 17.0 Å². The van der Waals surface area contributed by atoms with E-state index in [9.17, 15) is 23.1 Å². The van der Waals surface area contributed by atoms with E-state index in [0.717, 1.165) is 6.07 Å². The molecule has 116 valence electrons. The number of anilines is 1. The van der Waals surface area contributed by atoms with Gasteiger partial charge in [0.2, 0.25) is 0 Å². The lowest BCUT2D eigenvalue weighted by molar-refractivity contribution is 0.0696. The lowest BCUT2D eigenvalue weighted by Crippen LogP contribution is -2.33. The molecule has 8 nitrogen and oxygen atoms in total. The molecule has 0 atom stereocenters. The Morgan fingerprint density at radius 2 is 1.95 bits per heavy atom. The maximum atomic E-state index is 11.5. The Bertz CT molecular complexity index is 641. The number of carboxylic acid groups (broad SMARTS) is 1. The van der Waals surface area contributed by atoms with Crippen LogP contribution in [0.1, 0.15) is 17.3 Å². The number of amides is 2. The first-order valence-electron chi connectivity index (χ1n) is 6.06. The highest BCUT2D eigenvalue weighted by molar-refractivity contribution is 7.91. The Hall–Kier alpha value is -2.29. The maximum absolute atomic E-state index is 11.5. The molecule has 1 rings (SSSR count). The Labute approximate surface area is 121 Å². The van der Waals surface area contributed by atoms with E-state index in [1.54, 1.807) is 0 Å². The van der Waals surface area contributed by atoms with E-state index in [-0.39, 0.29) is 29.3 Å². The molecule has 0 aliphatic carbocycles. The largest absolute Gasteiger partial charge is 0.506 e. The summed E-state index contributed by atoms with van der Waals surface area (Å²) in [6, 6.07) is 2.76. The van der Waals surface area contributed by atoms with Crippen LogP contribution in [0.5, 0.6) is 5.75 Å². The van der Waals surface area contributed by atoms with Gasteiger partial charge in [-0.05, 0) is 18.2 Å². The molecule has 0 saturated carbocycles. The summed E-state index contributed by atoms with van der Waals surface area (Å²) >= 11 is 0. The van der Waals surface area contributed by atoms with Crippen LogP contribution in [0.2, 0.25) is 0 Å². The summed E-state index contributed by atoms with van der Waals surface area (Å²) in [6.07, 6.45) is 0. The van der Waals surface area contributed by atoms with Crippen LogP contribution >= 0.6 is 0 Å². The Kier molecular flexibility index (Phi) is 5.53. The minimum Gasteiger partial charge on any atom is -0.506 e. The van der Waals surface area contributed by atoms with Crippen molar-refractivity contribution in [2.24, 2.45) is 0 Å². The van der Waals surface area contributed by atoms with Gasteiger partial charge in [-0.1, -0.05) is 6.92 Å². The van der Waals surface area contributed by atoms with Crippen molar-refractivity contribution >= 4 is 27.5 Å². The van der Waals surface area contributed by atoms with Crippen LogP contribution < -0.4 is 10.6 Å². The molecule has 0 heterocycles. The molecule has 0 fully saturated rings. The maximum Gasteiger partial charge on any atom is 0.335 e. The molecule has 0 aliphatic heterocycles. The number of carboxylic acids is 1. The van der Waals surface area contributed by atoms with Crippen LogP contribution in [0, 0.1) is 0 Å². The topological polar surface area (TPSA) is 133 Å². The third-order valence-corrected chi connectivity index (χ3v) is 4.34. The molecule has 9 heteroatoms. The van der Waals surface area contributed by atoms with Crippen LogP contribution in [0.25, 0.3) is 0 Å². The minimum absolute atomic E-state index is 0.00621. The molecular formula is C12H16N2O6S. The third-order valence-electron chi connectivity index (χ3n) is 2.63. The number of benzene rings is 1. The number of phenols is 1. The third kappa shape index (κ3) is 5.30. The molecule has 0 spiro atoms. The second kappa shape index (κ2) is 6.93. The standard InChI is InChI=1S/C12H16N2O6S/c1-2-21(19,20)6-5-13-12(18)14-9-4-3-8(11(16)17)7-10(9)15/h3-4,7,15H,2,5-6H2,1H3,(H,16,17)(H2,13,14,18). The average Bonchev–Trinajstić information content (AvgIpc) is 2.40. The lowest BCUT2D eigenvalue weighted by Gasteiger charge is -2.09. The normalized spacial score (nSPS) is 10.9. The van der Waals surface area contributed by atoms with E-state index in [0.29, 0.717) is 0 Å². The fourth-order valence-corrected chi connectivity index (χ4v) is 2.10. The summed E-state index contributed by atoms with van der Waals surface area (Å²) in [5, 5.41) is 22.9. The van der Waals surface area contributed by atoms with Gasteiger partial charge < -0.3 is 20.8 Å². The minimum atomic E-state index is -3.17. The molecule has 1 aromatic rings. The number of sulfone groups is 1. The molecule has 2 amide bonds. The number of phenolic OH excluding ortho intramolecular Hbond substituents is 1. The molecular weight excluding hydrogens is 300 g/mol. The Morgan fingerprint density at radius 1 is 1.29 bits per heavy atom. The van der Waals surface area contributed by atoms with Crippen LogP contribution in [-0.4, -0.2) is 48.7 Å². The number of hydrogen-bond acceptors (Lipinski definition) is 5. The predicted octanol–water partition coefficient (Wildman–Crippen LogP) is 0.647. The van der Waals surface area contributed by atoms with E-state index >= 15 is 0 Å². The second-order valence-electron chi connectivity index (χ2n) is 4.15. The number of hydrogen-bond donors (Lipinski definition) is 4. The van der Waals surface area contributed by atoms with Gasteiger partial charge in [-0.25, -0.2) is 18.0 Å². The molecule has 0 bridgehead atoms. The lowest BCUT2D eigenvalue weighted by atomic mass is 10.2. The van der Waals surface area contributed by atoms with E-state index in [2.05, 4.69) is 10.6 Å². The zero-order valence-electron chi connectivity index (χ0n) is 11.3. The molecule has 0 aromatic heterocycles. The Morgan fingerprint density at radius 3 is 2.48 bits per heavy atom. The number of carbonyl (C=O) groups is 2. The Balaban J connectivity index is 2.58. The van der Waals surface area contributed by atoms with Crippen LogP contribution in [0.3, 0.4) is 0 Å². The predicted molar refractivity (Wildman–Crippen MR) is 76.4 cm³/mol. The smallest absolute Gasteiger partial charge is 0.335 e. The van der Waals surface area contributed by atoms with Gasteiger partial charge in [0.1, 0.15) is 5.75 Å². The summed E-state index contributed by atoms with van der Waals surface area (Å²) in [5.74, 6) is -1.79. The molecule has 4 N–H and O–H groups in total. The van der Waals surface area contributed by atoms with Crippen molar-refractivity contribution in [1.29, 1.82) is 0 Å². The first kappa shape index (κ1) is 16.8. The highest BCUT2D eigenvalue weighted by Gasteiger charge is 2.11. The summed E-state index contributed by atoms with van der Waals surface area (Å²) in [7, 11) is -3.17. The summed E-state index contributed by atoms with van der Waals surface area (Å²) < 4.78 is 22.5. The molecule has 1 aromatic carbocycles. The van der Waals surface area contributed by atoms with Crippen molar-refractivity contribution in [2.45, 2.75) is 6.92 Å². The fourth-order valence-electron chi connectivity index (χ4n) is 1.40. The van der Waals surface area contributed by atoms with Gasteiger partial charge in [-0.2, -0.15) is 0 Å². The number of carbonyl (C=O) groups excluding carboxylic acids is 1. The van der Waals surface area contributed by atoms with Gasteiger partial charge in [-0.15, -0.1) is 0 Å². The zero-order valence-corrected chi connectivity index (χ0v) is 12.1. The van der Waals surface area contributed by atoms with Gasteiger partial charge in [0.25, 0.3) is 0 Å². The van der Waals surface area contributed by atoms with Gasteiger partial charge in [0.15, 0.2) is 9.84 Å². The van der Waals surface area contributed by atoms with E-state index in [1.165, 1.54) is 19.1 Å². The van der Waals surface area contributed by atoms with Crippen molar-refractivity contribution in [2.75, 3.05) is 23.4 Å². The van der Waals surface area contributed by atoms with Crippen molar-refractivity contribution in [3.05, 3.63) is 23.8 Å². The first-order valence-corrected chi connectivity index (χ1v) is 7.89. The number of aromatic hydroxyl groups is 1. The number of urea groups is 1. The highest BCUT2D eigenvalue weighted by Crippen LogP contribution is 2.24. The summed E-state index contributed by atoms with van der Waals surface area (Å²) in [6.45, 7) is 1.45. The van der Waals surface area contributed by atoms with E-state index in [1.807, 2.05) is 0 Å². The quantitative estimate of drug-likeness (QED) is 0.569. The molecule has 0 unspecified atom stereocenters. The van der Waals surface area contributed by atoms with Crippen LogP contribution in [0.15, 0.2) is 18.2 Å². The van der Waals surface area contributed by atoms with Crippen molar-refractivity contribution < 1.29 is 28.2 Å². The van der Waals surface area contributed by atoms with Gasteiger partial charge in [-0.3, -0.25) is 0 Å². The molecule has 0 radical (unpaired) electrons. The van der Waals surface area contributed by atoms with Crippen molar-refractivity contribution in [3.63, 3.8) is 0 Å². The summed E-state index contributed by atoms with van der Waals surface area (Å²) in [4.78, 5) is 22.2. The van der Waals surface area contributed by atoms with Gasteiger partial charge >= 0.3 is 12.0 Å². The second-order valence-corrected chi connectivity index (χ2v) is 6.63. The fraction of sp³-hybridized carbons (Fsp3) is 0.333. The van der Waals surface area contributed by atoms with Crippen molar-refractivity contribution in [3.8, 4) is 5.75 Å². The van der Waals surface area contributed by atoms with Crippen LogP contribution in [0.4, 0.5) is 10.5 Å². The number of rotatable bonds is 6.